The third-order valence-electron chi connectivity index (χ3n) is 2.37. The maximum absolute atomic E-state index is 11.4. The summed E-state index contributed by atoms with van der Waals surface area (Å²) in [7, 11) is -2.99. The Hall–Kier alpha value is 0.260. The molecule has 0 saturated heterocycles. The highest BCUT2D eigenvalue weighted by Gasteiger charge is 2.29. The van der Waals surface area contributed by atoms with Gasteiger partial charge in [-0.1, -0.05) is 20.8 Å². The first kappa shape index (κ1) is 16.3. The van der Waals surface area contributed by atoms with E-state index in [1.807, 2.05) is 11.8 Å². The van der Waals surface area contributed by atoms with E-state index < -0.39 is 14.6 Å². The van der Waals surface area contributed by atoms with E-state index in [2.05, 4.69) is 26.1 Å². The molecule has 0 saturated carbocycles. The highest BCUT2D eigenvalue weighted by atomic mass is 32.2. The van der Waals surface area contributed by atoms with Gasteiger partial charge in [-0.25, -0.2) is 8.42 Å². The maximum atomic E-state index is 11.4. The SMILES string of the molecule is CC(C)(C)SCCNCC(C)(C)S(C)(=O)=O. The molecule has 0 aliphatic carbocycles. The molecule has 0 heterocycles. The second kappa shape index (κ2) is 5.74. The van der Waals surface area contributed by atoms with Crippen LogP contribution in [0.1, 0.15) is 34.6 Å². The highest BCUT2D eigenvalue weighted by Crippen LogP contribution is 2.22. The van der Waals surface area contributed by atoms with Gasteiger partial charge in [0.1, 0.15) is 0 Å². The molecule has 98 valence electrons. The second-order valence-electron chi connectivity index (χ2n) is 5.67. The molecule has 0 radical (unpaired) electrons. The van der Waals surface area contributed by atoms with E-state index in [1.54, 1.807) is 13.8 Å². The lowest BCUT2D eigenvalue weighted by Crippen LogP contribution is -2.42. The largest absolute Gasteiger partial charge is 0.314 e. The number of sulfone groups is 1. The standard InChI is InChI=1S/C11H25NO2S2/c1-10(2,3)15-8-7-12-9-11(4,5)16(6,13)14/h12H,7-9H2,1-6H3. The zero-order chi connectivity index (χ0) is 13.0. The van der Waals surface area contributed by atoms with Crippen LogP contribution in [0, 0.1) is 0 Å². The van der Waals surface area contributed by atoms with Gasteiger partial charge in [0.05, 0.1) is 4.75 Å². The number of hydrogen-bond donors (Lipinski definition) is 1. The van der Waals surface area contributed by atoms with Gasteiger partial charge in [-0.05, 0) is 13.8 Å². The van der Waals surface area contributed by atoms with Gasteiger partial charge in [-0.15, -0.1) is 0 Å². The molecule has 0 unspecified atom stereocenters. The van der Waals surface area contributed by atoms with Gasteiger partial charge in [-0.2, -0.15) is 11.8 Å². The molecule has 0 aromatic heterocycles. The molecule has 0 aliphatic rings. The first-order chi connectivity index (χ1) is 6.96. The molecule has 0 rings (SSSR count). The van der Waals surface area contributed by atoms with Crippen molar-refractivity contribution in [3.05, 3.63) is 0 Å². The maximum Gasteiger partial charge on any atom is 0.153 e. The summed E-state index contributed by atoms with van der Waals surface area (Å²) in [6.45, 7) is 11.4. The van der Waals surface area contributed by atoms with Crippen molar-refractivity contribution in [1.29, 1.82) is 0 Å². The smallest absolute Gasteiger partial charge is 0.153 e. The van der Waals surface area contributed by atoms with Crippen molar-refractivity contribution >= 4 is 21.6 Å². The Morgan fingerprint density at radius 3 is 2.00 bits per heavy atom. The quantitative estimate of drug-likeness (QED) is 0.747. The summed E-state index contributed by atoms with van der Waals surface area (Å²) in [5, 5.41) is 3.20. The minimum atomic E-state index is -2.99. The zero-order valence-corrected chi connectivity index (χ0v) is 12.9. The average Bonchev–Trinajstić information content (AvgIpc) is 1.98. The first-order valence-electron chi connectivity index (χ1n) is 5.50. The van der Waals surface area contributed by atoms with E-state index in [4.69, 9.17) is 0 Å². The normalized spacial score (nSPS) is 14.1. The highest BCUT2D eigenvalue weighted by molar-refractivity contribution is 8.00. The summed E-state index contributed by atoms with van der Waals surface area (Å²) in [6.07, 6.45) is 1.29. The molecule has 16 heavy (non-hydrogen) atoms. The summed E-state index contributed by atoms with van der Waals surface area (Å²) in [5.41, 5.74) is 0. The second-order valence-corrected chi connectivity index (χ2v) is 10.2. The molecule has 0 atom stereocenters. The van der Waals surface area contributed by atoms with Gasteiger partial charge < -0.3 is 5.32 Å². The molecule has 3 nitrogen and oxygen atoms in total. The molecule has 0 bridgehead atoms. The lowest BCUT2D eigenvalue weighted by molar-refractivity contribution is 0.528. The van der Waals surface area contributed by atoms with Crippen LogP contribution in [-0.2, 0) is 9.84 Å². The summed E-state index contributed by atoms with van der Waals surface area (Å²) in [4.78, 5) is 0. The van der Waals surface area contributed by atoms with E-state index in [0.717, 1.165) is 12.3 Å². The lowest BCUT2D eigenvalue weighted by atomic mass is 10.2. The monoisotopic (exact) mass is 267 g/mol. The van der Waals surface area contributed by atoms with Gasteiger partial charge in [-0.3, -0.25) is 0 Å². The predicted molar refractivity (Wildman–Crippen MR) is 74.0 cm³/mol. The van der Waals surface area contributed by atoms with Gasteiger partial charge in [0, 0.05) is 29.8 Å². The van der Waals surface area contributed by atoms with Crippen LogP contribution in [0.15, 0.2) is 0 Å². The van der Waals surface area contributed by atoms with Crippen molar-refractivity contribution in [2.45, 2.75) is 44.1 Å². The van der Waals surface area contributed by atoms with Crippen molar-refractivity contribution in [2.24, 2.45) is 0 Å². The zero-order valence-electron chi connectivity index (χ0n) is 11.3. The lowest BCUT2D eigenvalue weighted by Gasteiger charge is -2.23. The van der Waals surface area contributed by atoms with Crippen LogP contribution >= 0.6 is 11.8 Å². The molecule has 5 heteroatoms. The minimum Gasteiger partial charge on any atom is -0.314 e. The molecule has 0 amide bonds. The molecule has 0 aromatic rings. The molecular weight excluding hydrogens is 242 g/mol. The number of hydrogen-bond acceptors (Lipinski definition) is 4. The molecular formula is C11H25NO2S2. The Bertz CT molecular complexity index is 302. The van der Waals surface area contributed by atoms with Gasteiger partial charge in [0.2, 0.25) is 0 Å². The van der Waals surface area contributed by atoms with E-state index in [-0.39, 0.29) is 4.75 Å². The Kier molecular flexibility index (Phi) is 5.83. The van der Waals surface area contributed by atoms with Crippen molar-refractivity contribution in [3.8, 4) is 0 Å². The molecule has 0 fully saturated rings. The topological polar surface area (TPSA) is 46.2 Å². The Morgan fingerprint density at radius 1 is 1.12 bits per heavy atom. The van der Waals surface area contributed by atoms with Crippen LogP contribution in [0.4, 0.5) is 0 Å². The third kappa shape index (κ3) is 6.76. The van der Waals surface area contributed by atoms with Gasteiger partial charge in [0.15, 0.2) is 9.84 Å². The third-order valence-corrected chi connectivity index (χ3v) is 5.79. The van der Waals surface area contributed by atoms with Crippen LogP contribution in [0.2, 0.25) is 0 Å². The number of nitrogens with one attached hydrogen (secondary N) is 1. The molecule has 0 aliphatic heterocycles. The van der Waals surface area contributed by atoms with Gasteiger partial charge >= 0.3 is 0 Å². The van der Waals surface area contributed by atoms with E-state index >= 15 is 0 Å². The Morgan fingerprint density at radius 2 is 1.62 bits per heavy atom. The van der Waals surface area contributed by atoms with Crippen molar-refractivity contribution in [2.75, 3.05) is 25.1 Å². The summed E-state index contributed by atoms with van der Waals surface area (Å²) in [5.74, 6) is 1.00. The minimum absolute atomic E-state index is 0.272. The fourth-order valence-electron chi connectivity index (χ4n) is 0.950. The predicted octanol–water partition coefficient (Wildman–Crippen LogP) is 1.93. The molecule has 0 spiro atoms. The summed E-state index contributed by atoms with van der Waals surface area (Å²) >= 11 is 1.88. The van der Waals surface area contributed by atoms with E-state index in [1.165, 1.54) is 6.26 Å². The fraction of sp³-hybridized carbons (Fsp3) is 1.00. The van der Waals surface area contributed by atoms with Crippen molar-refractivity contribution in [1.82, 2.24) is 5.32 Å². The molecule has 0 aromatic carbocycles. The Labute approximate surface area is 105 Å². The van der Waals surface area contributed by atoms with Crippen LogP contribution in [0.5, 0.6) is 0 Å². The number of thioether (sulfide) groups is 1. The first-order valence-corrected chi connectivity index (χ1v) is 8.38. The van der Waals surface area contributed by atoms with Gasteiger partial charge in [0.25, 0.3) is 0 Å². The average molecular weight is 267 g/mol. The van der Waals surface area contributed by atoms with Crippen LogP contribution in [0.25, 0.3) is 0 Å². The summed E-state index contributed by atoms with van der Waals surface area (Å²) < 4.78 is 22.5. The van der Waals surface area contributed by atoms with Crippen LogP contribution < -0.4 is 5.32 Å². The molecule has 1 N–H and O–H groups in total. The van der Waals surface area contributed by atoms with Crippen LogP contribution in [0.3, 0.4) is 0 Å². The van der Waals surface area contributed by atoms with Crippen LogP contribution in [-0.4, -0.2) is 43.0 Å². The van der Waals surface area contributed by atoms with Crippen molar-refractivity contribution < 1.29 is 8.42 Å². The summed E-state index contributed by atoms with van der Waals surface area (Å²) in [6, 6.07) is 0. The van der Waals surface area contributed by atoms with Crippen molar-refractivity contribution in [3.63, 3.8) is 0 Å². The number of rotatable bonds is 6. The van der Waals surface area contributed by atoms with E-state index in [0.29, 0.717) is 6.54 Å². The fourth-order valence-corrected chi connectivity index (χ4v) is 2.17. The van der Waals surface area contributed by atoms with E-state index in [9.17, 15) is 8.42 Å². The Balaban J connectivity index is 3.84.